The predicted octanol–water partition coefficient (Wildman–Crippen LogP) is 3.81. The summed E-state index contributed by atoms with van der Waals surface area (Å²) >= 11 is 0. The van der Waals surface area contributed by atoms with Gasteiger partial charge in [0.25, 0.3) is 0 Å². The van der Waals surface area contributed by atoms with Crippen molar-refractivity contribution in [1.29, 1.82) is 0 Å². The van der Waals surface area contributed by atoms with E-state index >= 15 is 0 Å². The Balaban J connectivity index is 2.74. The van der Waals surface area contributed by atoms with Crippen molar-refractivity contribution < 1.29 is 8.78 Å². The number of halogens is 2. The largest absolute Gasteiger partial charge is 0.313 e. The highest BCUT2D eigenvalue weighted by Gasteiger charge is 2.15. The molecule has 1 rings (SSSR count). The maximum Gasteiger partial charge on any atom is 0.163 e. The Labute approximate surface area is 95.9 Å². The topological polar surface area (TPSA) is 12.0 Å². The Bertz CT molecular complexity index is 326. The van der Waals surface area contributed by atoms with Crippen LogP contribution < -0.4 is 5.32 Å². The summed E-state index contributed by atoms with van der Waals surface area (Å²) < 4.78 is 26.6. The third-order valence-electron chi connectivity index (χ3n) is 2.80. The van der Waals surface area contributed by atoms with Crippen molar-refractivity contribution >= 4 is 0 Å². The average Bonchev–Trinajstić information content (AvgIpc) is 2.29. The number of hydrogen-bond donors (Lipinski definition) is 1. The van der Waals surface area contributed by atoms with Crippen LogP contribution in [0.5, 0.6) is 0 Å². The van der Waals surface area contributed by atoms with Gasteiger partial charge in [-0.1, -0.05) is 38.3 Å². The third-order valence-corrected chi connectivity index (χ3v) is 2.80. The van der Waals surface area contributed by atoms with Crippen LogP contribution in [0.4, 0.5) is 8.78 Å². The van der Waals surface area contributed by atoms with Crippen LogP contribution in [0.25, 0.3) is 0 Å². The summed E-state index contributed by atoms with van der Waals surface area (Å²) in [6.07, 6.45) is 4.11. The summed E-state index contributed by atoms with van der Waals surface area (Å²) in [6, 6.07) is 4.25. The lowest BCUT2D eigenvalue weighted by Gasteiger charge is -2.17. The van der Waals surface area contributed by atoms with Crippen molar-refractivity contribution in [3.05, 3.63) is 35.4 Å². The molecule has 1 N–H and O–H groups in total. The first-order valence-corrected chi connectivity index (χ1v) is 5.81. The van der Waals surface area contributed by atoms with Gasteiger partial charge in [0.1, 0.15) is 0 Å². The van der Waals surface area contributed by atoms with E-state index in [1.54, 1.807) is 19.2 Å². The van der Waals surface area contributed by atoms with Crippen LogP contribution >= 0.6 is 0 Å². The Hall–Kier alpha value is -0.960. The first-order chi connectivity index (χ1) is 7.70. The lowest BCUT2D eigenvalue weighted by atomic mass is 10.00. The zero-order valence-electron chi connectivity index (χ0n) is 9.89. The number of nitrogens with one attached hydrogen (secondary N) is 1. The van der Waals surface area contributed by atoms with Gasteiger partial charge in [-0.2, -0.15) is 0 Å². The minimum absolute atomic E-state index is 0.0951. The SMILES string of the molecule is CCCCCC(NC)c1cccc(F)c1F. The molecule has 1 aromatic carbocycles. The van der Waals surface area contributed by atoms with E-state index in [1.807, 2.05) is 0 Å². The molecule has 0 aliphatic carbocycles. The molecule has 0 aliphatic heterocycles. The first-order valence-electron chi connectivity index (χ1n) is 5.81. The van der Waals surface area contributed by atoms with Gasteiger partial charge in [-0.25, -0.2) is 8.78 Å². The summed E-state index contributed by atoms with van der Waals surface area (Å²) in [5.74, 6) is -1.49. The van der Waals surface area contributed by atoms with E-state index in [-0.39, 0.29) is 6.04 Å². The van der Waals surface area contributed by atoms with Crippen LogP contribution in [-0.2, 0) is 0 Å². The first kappa shape index (κ1) is 13.1. The van der Waals surface area contributed by atoms with Crippen molar-refractivity contribution in [1.82, 2.24) is 5.32 Å². The second-order valence-electron chi connectivity index (χ2n) is 3.98. The quantitative estimate of drug-likeness (QED) is 0.729. The molecule has 1 atom stereocenters. The summed E-state index contributed by atoms with van der Waals surface area (Å²) in [7, 11) is 1.78. The van der Waals surface area contributed by atoms with E-state index < -0.39 is 11.6 Å². The normalized spacial score (nSPS) is 12.8. The van der Waals surface area contributed by atoms with E-state index in [9.17, 15) is 8.78 Å². The highest BCUT2D eigenvalue weighted by molar-refractivity contribution is 5.22. The number of hydrogen-bond acceptors (Lipinski definition) is 1. The molecule has 3 heteroatoms. The Kier molecular flexibility index (Phi) is 5.39. The van der Waals surface area contributed by atoms with Crippen molar-refractivity contribution in [2.75, 3.05) is 7.05 Å². The van der Waals surface area contributed by atoms with Gasteiger partial charge in [-0.05, 0) is 19.5 Å². The minimum atomic E-state index is -0.770. The zero-order chi connectivity index (χ0) is 12.0. The van der Waals surface area contributed by atoms with Crippen LogP contribution in [-0.4, -0.2) is 7.05 Å². The molecular weight excluding hydrogens is 208 g/mol. The predicted molar refractivity (Wildman–Crippen MR) is 62.3 cm³/mol. The molecule has 0 amide bonds. The molecule has 0 spiro atoms. The molecule has 1 aromatic rings. The molecule has 0 bridgehead atoms. The van der Waals surface area contributed by atoms with Crippen LogP contribution in [0, 0.1) is 11.6 Å². The number of unbranched alkanes of at least 4 members (excludes halogenated alkanes) is 2. The monoisotopic (exact) mass is 227 g/mol. The van der Waals surface area contributed by atoms with Gasteiger partial charge in [0.2, 0.25) is 0 Å². The van der Waals surface area contributed by atoms with E-state index in [1.165, 1.54) is 0 Å². The number of benzene rings is 1. The average molecular weight is 227 g/mol. The molecular formula is C13H19F2N. The molecule has 0 radical (unpaired) electrons. The van der Waals surface area contributed by atoms with Crippen LogP contribution in [0.15, 0.2) is 18.2 Å². The maximum absolute atomic E-state index is 13.5. The lowest BCUT2D eigenvalue weighted by molar-refractivity contribution is 0.453. The molecule has 0 saturated carbocycles. The molecule has 1 unspecified atom stereocenters. The standard InChI is InChI=1S/C13H19F2N/c1-3-4-5-9-12(16-2)10-7-6-8-11(14)13(10)15/h6-8,12,16H,3-5,9H2,1-2H3. The minimum Gasteiger partial charge on any atom is -0.313 e. The molecule has 16 heavy (non-hydrogen) atoms. The summed E-state index contributed by atoms with van der Waals surface area (Å²) in [5.41, 5.74) is 0.429. The fourth-order valence-electron chi connectivity index (χ4n) is 1.84. The molecule has 0 saturated heterocycles. The van der Waals surface area contributed by atoms with Gasteiger partial charge in [0.05, 0.1) is 0 Å². The van der Waals surface area contributed by atoms with E-state index in [4.69, 9.17) is 0 Å². The molecule has 0 fully saturated rings. The molecule has 1 nitrogen and oxygen atoms in total. The second kappa shape index (κ2) is 6.59. The molecule has 0 heterocycles. The fraction of sp³-hybridized carbons (Fsp3) is 0.538. The van der Waals surface area contributed by atoms with Crippen LogP contribution in [0.1, 0.15) is 44.2 Å². The second-order valence-corrected chi connectivity index (χ2v) is 3.98. The van der Waals surface area contributed by atoms with Gasteiger partial charge in [0, 0.05) is 11.6 Å². The Morgan fingerprint density at radius 3 is 2.62 bits per heavy atom. The summed E-state index contributed by atoms with van der Waals surface area (Å²) in [6.45, 7) is 2.12. The van der Waals surface area contributed by atoms with Gasteiger partial charge >= 0.3 is 0 Å². The van der Waals surface area contributed by atoms with E-state index in [0.29, 0.717) is 5.56 Å². The van der Waals surface area contributed by atoms with Crippen LogP contribution in [0.2, 0.25) is 0 Å². The Morgan fingerprint density at radius 2 is 2.00 bits per heavy atom. The Morgan fingerprint density at radius 1 is 1.25 bits per heavy atom. The van der Waals surface area contributed by atoms with Gasteiger partial charge in [-0.15, -0.1) is 0 Å². The maximum atomic E-state index is 13.5. The van der Waals surface area contributed by atoms with E-state index in [0.717, 1.165) is 31.7 Å². The molecule has 90 valence electrons. The van der Waals surface area contributed by atoms with Gasteiger partial charge in [0.15, 0.2) is 11.6 Å². The van der Waals surface area contributed by atoms with Crippen molar-refractivity contribution in [2.45, 2.75) is 38.6 Å². The lowest BCUT2D eigenvalue weighted by Crippen LogP contribution is -2.18. The van der Waals surface area contributed by atoms with Crippen molar-refractivity contribution in [3.8, 4) is 0 Å². The fourth-order valence-corrected chi connectivity index (χ4v) is 1.84. The smallest absolute Gasteiger partial charge is 0.163 e. The van der Waals surface area contributed by atoms with E-state index in [2.05, 4.69) is 12.2 Å². The molecule has 0 aromatic heterocycles. The van der Waals surface area contributed by atoms with Crippen molar-refractivity contribution in [2.24, 2.45) is 0 Å². The zero-order valence-corrected chi connectivity index (χ0v) is 9.89. The highest BCUT2D eigenvalue weighted by atomic mass is 19.2. The summed E-state index contributed by atoms with van der Waals surface area (Å²) in [5, 5.41) is 3.04. The van der Waals surface area contributed by atoms with Crippen molar-refractivity contribution in [3.63, 3.8) is 0 Å². The van der Waals surface area contributed by atoms with Gasteiger partial charge in [-0.3, -0.25) is 0 Å². The van der Waals surface area contributed by atoms with Crippen LogP contribution in [0.3, 0.4) is 0 Å². The summed E-state index contributed by atoms with van der Waals surface area (Å²) in [4.78, 5) is 0. The number of rotatable bonds is 6. The van der Waals surface area contributed by atoms with Gasteiger partial charge < -0.3 is 5.32 Å². The third kappa shape index (κ3) is 3.27. The highest BCUT2D eigenvalue weighted by Crippen LogP contribution is 2.23. The molecule has 0 aliphatic rings.